The van der Waals surface area contributed by atoms with E-state index in [4.69, 9.17) is 5.73 Å². The van der Waals surface area contributed by atoms with Gasteiger partial charge in [-0.3, -0.25) is 4.79 Å². The van der Waals surface area contributed by atoms with Gasteiger partial charge in [0.1, 0.15) is 0 Å². The number of rotatable bonds is 4. The van der Waals surface area contributed by atoms with E-state index >= 15 is 0 Å². The summed E-state index contributed by atoms with van der Waals surface area (Å²) >= 11 is 4.12. The van der Waals surface area contributed by atoms with Crippen LogP contribution >= 0.6 is 12.6 Å². The van der Waals surface area contributed by atoms with Crippen LogP contribution in [0.15, 0.2) is 24.3 Å². The molecule has 0 aliphatic heterocycles. The zero-order valence-corrected chi connectivity index (χ0v) is 8.26. The summed E-state index contributed by atoms with van der Waals surface area (Å²) in [6.45, 7) is 0. The lowest BCUT2D eigenvalue weighted by molar-refractivity contribution is 0.0999. The van der Waals surface area contributed by atoms with Gasteiger partial charge in [-0.25, -0.2) is 0 Å². The van der Waals surface area contributed by atoms with Gasteiger partial charge in [0.05, 0.1) is 0 Å². The Hall–Kier alpha value is -0.960. The maximum atomic E-state index is 11.0. The summed E-state index contributed by atoms with van der Waals surface area (Å²) in [4.78, 5) is 11.0. The number of thiol groups is 1. The molecule has 0 saturated carbocycles. The molecule has 70 valence electrons. The number of benzene rings is 1. The first-order chi connectivity index (χ1) is 6.25. The van der Waals surface area contributed by atoms with E-state index in [0.29, 0.717) is 5.56 Å². The van der Waals surface area contributed by atoms with Gasteiger partial charge in [0.25, 0.3) is 0 Å². The number of amides is 1. The van der Waals surface area contributed by atoms with E-state index in [1.165, 1.54) is 0 Å². The molecule has 1 rings (SSSR count). The molecule has 1 amide bonds. The Morgan fingerprint density at radius 3 is 2.69 bits per heavy atom. The molecule has 0 saturated heterocycles. The van der Waals surface area contributed by atoms with Crippen molar-refractivity contribution in [3.05, 3.63) is 35.4 Å². The van der Waals surface area contributed by atoms with Crippen LogP contribution in [-0.4, -0.2) is 11.7 Å². The molecule has 0 aliphatic rings. The quantitative estimate of drug-likeness (QED) is 0.705. The lowest BCUT2D eigenvalue weighted by atomic mass is 10.0. The van der Waals surface area contributed by atoms with Gasteiger partial charge >= 0.3 is 0 Å². The molecule has 13 heavy (non-hydrogen) atoms. The molecule has 1 aromatic rings. The summed E-state index contributed by atoms with van der Waals surface area (Å²) in [5, 5.41) is 0. The molecule has 0 aliphatic carbocycles. The number of carbonyl (C=O) groups excluding carboxylic acids is 1. The third-order valence-electron chi connectivity index (χ3n) is 1.89. The summed E-state index contributed by atoms with van der Waals surface area (Å²) < 4.78 is 0. The molecule has 0 radical (unpaired) electrons. The second-order valence-electron chi connectivity index (χ2n) is 2.85. The van der Waals surface area contributed by atoms with E-state index < -0.39 is 0 Å². The predicted octanol–water partition coefficient (Wildman–Crippen LogP) is 1.65. The third kappa shape index (κ3) is 2.77. The standard InChI is InChI=1S/C10H13NOS/c11-10(12)9-6-2-1-4-8(9)5-3-7-13/h1-2,4,6,13H,3,5,7H2,(H2,11,12). The molecule has 3 heteroatoms. The molecule has 1 aromatic carbocycles. The van der Waals surface area contributed by atoms with Gasteiger partial charge in [0.2, 0.25) is 5.91 Å². The first kappa shape index (κ1) is 10.1. The maximum Gasteiger partial charge on any atom is 0.248 e. The molecule has 2 N–H and O–H groups in total. The SMILES string of the molecule is NC(=O)c1ccccc1CCCS. The molecule has 0 fully saturated rings. The number of primary amides is 1. The van der Waals surface area contributed by atoms with Gasteiger partial charge in [-0.05, 0) is 30.2 Å². The van der Waals surface area contributed by atoms with Crippen LogP contribution in [0.5, 0.6) is 0 Å². The summed E-state index contributed by atoms with van der Waals surface area (Å²) in [7, 11) is 0. The smallest absolute Gasteiger partial charge is 0.248 e. The number of aryl methyl sites for hydroxylation is 1. The van der Waals surface area contributed by atoms with E-state index in [9.17, 15) is 4.79 Å². The normalized spacial score (nSPS) is 9.92. The van der Waals surface area contributed by atoms with Crippen molar-refractivity contribution in [1.29, 1.82) is 0 Å². The first-order valence-corrected chi connectivity index (χ1v) is 4.87. The van der Waals surface area contributed by atoms with Gasteiger partial charge in [-0.15, -0.1) is 0 Å². The van der Waals surface area contributed by atoms with E-state index in [0.717, 1.165) is 24.2 Å². The average Bonchev–Trinajstić information content (AvgIpc) is 2.15. The fourth-order valence-electron chi connectivity index (χ4n) is 1.25. The predicted molar refractivity (Wildman–Crippen MR) is 57.1 cm³/mol. The molecular weight excluding hydrogens is 182 g/mol. The largest absolute Gasteiger partial charge is 0.366 e. The van der Waals surface area contributed by atoms with Crippen LogP contribution < -0.4 is 5.73 Å². The van der Waals surface area contributed by atoms with Crippen LogP contribution in [0.3, 0.4) is 0 Å². The van der Waals surface area contributed by atoms with Crippen LogP contribution in [0, 0.1) is 0 Å². The summed E-state index contributed by atoms with van der Waals surface area (Å²) in [6.07, 6.45) is 1.83. The second-order valence-corrected chi connectivity index (χ2v) is 3.30. The minimum absolute atomic E-state index is 0.352. The van der Waals surface area contributed by atoms with Crippen molar-refractivity contribution < 1.29 is 4.79 Å². The molecule has 0 bridgehead atoms. The number of hydrogen-bond donors (Lipinski definition) is 2. The number of carbonyl (C=O) groups is 1. The molecule has 0 unspecified atom stereocenters. The highest BCUT2D eigenvalue weighted by Gasteiger charge is 2.05. The Labute approximate surface area is 83.5 Å². The van der Waals surface area contributed by atoms with Crippen LogP contribution in [0.4, 0.5) is 0 Å². The van der Waals surface area contributed by atoms with Gasteiger partial charge in [-0.2, -0.15) is 12.6 Å². The summed E-state index contributed by atoms with van der Waals surface area (Å²) in [5.41, 5.74) is 6.87. The van der Waals surface area contributed by atoms with E-state index in [2.05, 4.69) is 12.6 Å². The Balaban J connectivity index is 2.84. The maximum absolute atomic E-state index is 11.0. The highest BCUT2D eigenvalue weighted by atomic mass is 32.1. The lowest BCUT2D eigenvalue weighted by Gasteiger charge is -2.04. The molecular formula is C10H13NOS. The van der Waals surface area contributed by atoms with Crippen molar-refractivity contribution in [2.24, 2.45) is 5.73 Å². The van der Waals surface area contributed by atoms with Crippen molar-refractivity contribution in [1.82, 2.24) is 0 Å². The van der Waals surface area contributed by atoms with E-state index in [-0.39, 0.29) is 5.91 Å². The zero-order valence-electron chi connectivity index (χ0n) is 7.36. The minimum atomic E-state index is -0.352. The first-order valence-electron chi connectivity index (χ1n) is 4.24. The summed E-state index contributed by atoms with van der Waals surface area (Å²) in [6, 6.07) is 7.43. The van der Waals surface area contributed by atoms with Gasteiger partial charge < -0.3 is 5.73 Å². The third-order valence-corrected chi connectivity index (χ3v) is 2.20. The average molecular weight is 195 g/mol. The minimum Gasteiger partial charge on any atom is -0.366 e. The van der Waals surface area contributed by atoms with Crippen molar-refractivity contribution >= 4 is 18.5 Å². The van der Waals surface area contributed by atoms with Crippen LogP contribution in [0.25, 0.3) is 0 Å². The Morgan fingerprint density at radius 2 is 2.08 bits per heavy atom. The molecule has 0 atom stereocenters. The zero-order chi connectivity index (χ0) is 9.68. The molecule has 0 heterocycles. The summed E-state index contributed by atoms with van der Waals surface area (Å²) in [5.74, 6) is 0.474. The number of hydrogen-bond acceptors (Lipinski definition) is 2. The van der Waals surface area contributed by atoms with Gasteiger partial charge in [0.15, 0.2) is 0 Å². The molecule has 0 aromatic heterocycles. The number of nitrogens with two attached hydrogens (primary N) is 1. The fraction of sp³-hybridized carbons (Fsp3) is 0.300. The highest BCUT2D eigenvalue weighted by molar-refractivity contribution is 7.80. The lowest BCUT2D eigenvalue weighted by Crippen LogP contribution is -2.13. The monoisotopic (exact) mass is 195 g/mol. The Bertz CT molecular complexity index is 299. The van der Waals surface area contributed by atoms with Gasteiger partial charge in [0, 0.05) is 5.56 Å². The van der Waals surface area contributed by atoms with Crippen LogP contribution in [-0.2, 0) is 6.42 Å². The molecule has 2 nitrogen and oxygen atoms in total. The Morgan fingerprint density at radius 1 is 1.38 bits per heavy atom. The van der Waals surface area contributed by atoms with Crippen LogP contribution in [0.1, 0.15) is 22.3 Å². The van der Waals surface area contributed by atoms with Crippen molar-refractivity contribution in [3.8, 4) is 0 Å². The van der Waals surface area contributed by atoms with Crippen molar-refractivity contribution in [2.75, 3.05) is 5.75 Å². The van der Waals surface area contributed by atoms with E-state index in [1.54, 1.807) is 6.07 Å². The molecule has 0 spiro atoms. The van der Waals surface area contributed by atoms with Crippen LogP contribution in [0.2, 0.25) is 0 Å². The van der Waals surface area contributed by atoms with Crippen molar-refractivity contribution in [3.63, 3.8) is 0 Å². The van der Waals surface area contributed by atoms with Gasteiger partial charge in [-0.1, -0.05) is 18.2 Å². The second kappa shape index (κ2) is 4.92. The van der Waals surface area contributed by atoms with E-state index in [1.807, 2.05) is 18.2 Å². The topological polar surface area (TPSA) is 43.1 Å². The fourth-order valence-corrected chi connectivity index (χ4v) is 1.41. The van der Waals surface area contributed by atoms with Crippen molar-refractivity contribution in [2.45, 2.75) is 12.8 Å². The highest BCUT2D eigenvalue weighted by Crippen LogP contribution is 2.10. The Kier molecular flexibility index (Phi) is 3.83.